The molecule has 0 aliphatic carbocycles. The van der Waals surface area contributed by atoms with E-state index in [0.29, 0.717) is 22.9 Å². The fraction of sp³-hybridized carbons (Fsp3) is 0.562. The second-order valence-electron chi connectivity index (χ2n) is 6.31. The maximum Gasteiger partial charge on any atom is 0.340 e. The van der Waals surface area contributed by atoms with Crippen molar-refractivity contribution < 1.29 is 9.53 Å². The minimum atomic E-state index is -0.370. The molecule has 0 amide bonds. The van der Waals surface area contributed by atoms with Crippen molar-refractivity contribution >= 4 is 28.9 Å². The Labute approximate surface area is 131 Å². The van der Waals surface area contributed by atoms with Gasteiger partial charge in [-0.25, -0.2) is 4.79 Å². The molecule has 0 bridgehead atoms. The number of nitrogen functional groups attached to an aromatic ring is 1. The first-order valence-corrected chi connectivity index (χ1v) is 7.73. The Kier molecular flexibility index (Phi) is 4.67. The van der Waals surface area contributed by atoms with Crippen molar-refractivity contribution in [1.82, 2.24) is 0 Å². The molecular weight excluding hydrogens is 288 g/mol. The molecule has 0 atom stereocenters. The first-order chi connectivity index (χ1) is 9.84. The number of carbonyl (C=O) groups excluding carboxylic acids is 1. The molecule has 1 aliphatic heterocycles. The van der Waals surface area contributed by atoms with E-state index in [2.05, 4.69) is 18.7 Å². The first-order valence-electron chi connectivity index (χ1n) is 7.35. The number of carbonyl (C=O) groups is 1. The van der Waals surface area contributed by atoms with E-state index < -0.39 is 0 Å². The van der Waals surface area contributed by atoms with Crippen LogP contribution in [0.4, 0.5) is 11.4 Å². The van der Waals surface area contributed by atoms with Crippen LogP contribution in [0.3, 0.4) is 0 Å². The van der Waals surface area contributed by atoms with Crippen molar-refractivity contribution in [2.45, 2.75) is 33.6 Å². The van der Waals surface area contributed by atoms with Gasteiger partial charge in [0.05, 0.1) is 22.9 Å². The van der Waals surface area contributed by atoms with Gasteiger partial charge in [0.2, 0.25) is 0 Å². The first kappa shape index (κ1) is 16.0. The zero-order valence-corrected chi connectivity index (χ0v) is 13.7. The van der Waals surface area contributed by atoms with E-state index in [1.54, 1.807) is 19.1 Å². The van der Waals surface area contributed by atoms with Crippen LogP contribution in [0.2, 0.25) is 5.02 Å². The number of halogens is 1. The van der Waals surface area contributed by atoms with E-state index in [-0.39, 0.29) is 11.4 Å². The molecule has 0 saturated carbocycles. The van der Waals surface area contributed by atoms with Crippen LogP contribution in [0.15, 0.2) is 12.1 Å². The number of nitrogens with zero attached hydrogens (tertiary/aromatic N) is 1. The van der Waals surface area contributed by atoms with Gasteiger partial charge in [0.1, 0.15) is 0 Å². The van der Waals surface area contributed by atoms with Crippen LogP contribution in [0.5, 0.6) is 0 Å². The molecule has 2 N–H and O–H groups in total. The second-order valence-corrected chi connectivity index (χ2v) is 6.72. The van der Waals surface area contributed by atoms with Gasteiger partial charge in [-0.2, -0.15) is 0 Å². The van der Waals surface area contributed by atoms with Crippen molar-refractivity contribution in [3.05, 3.63) is 22.7 Å². The fourth-order valence-corrected chi connectivity index (χ4v) is 3.27. The predicted molar refractivity (Wildman–Crippen MR) is 87.0 cm³/mol. The van der Waals surface area contributed by atoms with Gasteiger partial charge in [-0.15, -0.1) is 0 Å². The molecule has 1 saturated heterocycles. The van der Waals surface area contributed by atoms with Crippen molar-refractivity contribution in [3.8, 4) is 0 Å². The Balaban J connectivity index is 2.44. The van der Waals surface area contributed by atoms with E-state index in [1.165, 1.54) is 6.42 Å². The number of nitrogens with two attached hydrogens (primary N) is 1. The zero-order chi connectivity index (χ0) is 15.6. The van der Waals surface area contributed by atoms with Gasteiger partial charge >= 0.3 is 5.97 Å². The summed E-state index contributed by atoms with van der Waals surface area (Å²) in [5.41, 5.74) is 7.72. The third kappa shape index (κ3) is 3.62. The van der Waals surface area contributed by atoms with E-state index in [1.807, 2.05) is 0 Å². The van der Waals surface area contributed by atoms with E-state index in [9.17, 15) is 4.79 Å². The molecule has 5 heteroatoms. The molecule has 1 aromatic rings. The van der Waals surface area contributed by atoms with E-state index >= 15 is 0 Å². The summed E-state index contributed by atoms with van der Waals surface area (Å²) in [6, 6.07) is 3.35. The number of hydrogen-bond acceptors (Lipinski definition) is 4. The Morgan fingerprint density at radius 1 is 1.48 bits per heavy atom. The summed E-state index contributed by atoms with van der Waals surface area (Å²) >= 11 is 6.38. The van der Waals surface area contributed by atoms with Gasteiger partial charge < -0.3 is 15.4 Å². The summed E-state index contributed by atoms with van der Waals surface area (Å²) < 4.78 is 5.14. The molecule has 4 nitrogen and oxygen atoms in total. The molecule has 1 aliphatic rings. The van der Waals surface area contributed by atoms with Gasteiger partial charge in [0, 0.05) is 18.8 Å². The molecule has 1 fully saturated rings. The molecule has 0 aromatic heterocycles. The highest BCUT2D eigenvalue weighted by Gasteiger charge is 2.30. The van der Waals surface area contributed by atoms with Crippen LogP contribution in [0.25, 0.3) is 0 Å². The number of piperidine rings is 1. The Morgan fingerprint density at radius 2 is 2.19 bits per heavy atom. The lowest BCUT2D eigenvalue weighted by Gasteiger charge is -2.40. The Bertz CT molecular complexity index is 543. The van der Waals surface area contributed by atoms with Gasteiger partial charge in [-0.1, -0.05) is 25.4 Å². The predicted octanol–water partition coefficient (Wildman–Crippen LogP) is 3.73. The van der Waals surface area contributed by atoms with Gasteiger partial charge in [-0.3, -0.25) is 0 Å². The van der Waals surface area contributed by atoms with Crippen LogP contribution >= 0.6 is 11.6 Å². The summed E-state index contributed by atoms with van der Waals surface area (Å²) in [6.07, 6.45) is 2.25. The highest BCUT2D eigenvalue weighted by atomic mass is 35.5. The SMILES string of the molecule is CCOC(=O)c1cc(N)cc(Cl)c1N1CCCC(C)(C)C1. The van der Waals surface area contributed by atoms with Crippen LogP contribution < -0.4 is 10.6 Å². The number of hydrogen-bond donors (Lipinski definition) is 1. The Morgan fingerprint density at radius 3 is 2.81 bits per heavy atom. The smallest absolute Gasteiger partial charge is 0.340 e. The second kappa shape index (κ2) is 6.14. The average molecular weight is 311 g/mol. The van der Waals surface area contributed by atoms with Crippen molar-refractivity contribution in [2.24, 2.45) is 5.41 Å². The van der Waals surface area contributed by atoms with Gasteiger partial charge in [0.15, 0.2) is 0 Å². The van der Waals surface area contributed by atoms with Crippen LogP contribution in [0.1, 0.15) is 44.0 Å². The lowest BCUT2D eigenvalue weighted by atomic mass is 9.84. The molecular formula is C16H23ClN2O2. The summed E-state index contributed by atoms with van der Waals surface area (Å²) in [4.78, 5) is 14.4. The molecule has 1 aromatic carbocycles. The fourth-order valence-electron chi connectivity index (χ4n) is 2.92. The summed E-state index contributed by atoms with van der Waals surface area (Å²) in [7, 11) is 0. The average Bonchev–Trinajstić information content (AvgIpc) is 2.36. The molecule has 0 spiro atoms. The maximum absolute atomic E-state index is 12.2. The highest BCUT2D eigenvalue weighted by Crippen LogP contribution is 2.38. The number of rotatable bonds is 3. The van der Waals surface area contributed by atoms with Gasteiger partial charge in [-0.05, 0) is 37.3 Å². The van der Waals surface area contributed by atoms with Crippen molar-refractivity contribution in [1.29, 1.82) is 0 Å². The van der Waals surface area contributed by atoms with E-state index in [4.69, 9.17) is 22.1 Å². The van der Waals surface area contributed by atoms with Crippen LogP contribution in [-0.4, -0.2) is 25.7 Å². The number of anilines is 2. The van der Waals surface area contributed by atoms with E-state index in [0.717, 1.165) is 25.2 Å². The van der Waals surface area contributed by atoms with Crippen LogP contribution in [-0.2, 0) is 4.74 Å². The minimum absolute atomic E-state index is 0.203. The third-order valence-corrected chi connectivity index (χ3v) is 4.09. The molecule has 0 unspecified atom stereocenters. The minimum Gasteiger partial charge on any atom is -0.462 e. The quantitative estimate of drug-likeness (QED) is 0.683. The largest absolute Gasteiger partial charge is 0.462 e. The highest BCUT2D eigenvalue weighted by molar-refractivity contribution is 6.34. The van der Waals surface area contributed by atoms with Crippen molar-refractivity contribution in [2.75, 3.05) is 30.3 Å². The monoisotopic (exact) mass is 310 g/mol. The van der Waals surface area contributed by atoms with Crippen LogP contribution in [0, 0.1) is 5.41 Å². The molecule has 1 heterocycles. The number of esters is 1. The molecule has 116 valence electrons. The standard InChI is InChI=1S/C16H23ClN2O2/c1-4-21-15(20)12-8-11(18)9-13(17)14(12)19-7-5-6-16(2,3)10-19/h8-9H,4-7,10,18H2,1-3H3. The molecule has 0 radical (unpaired) electrons. The summed E-state index contributed by atoms with van der Waals surface area (Å²) in [6.45, 7) is 8.33. The maximum atomic E-state index is 12.2. The number of ether oxygens (including phenoxy) is 1. The normalized spacial score (nSPS) is 17.6. The lowest BCUT2D eigenvalue weighted by Crippen LogP contribution is -2.41. The number of benzene rings is 1. The lowest BCUT2D eigenvalue weighted by molar-refractivity contribution is 0.0527. The van der Waals surface area contributed by atoms with Crippen molar-refractivity contribution in [3.63, 3.8) is 0 Å². The Hall–Kier alpha value is -1.42. The molecule has 2 rings (SSSR count). The van der Waals surface area contributed by atoms with Gasteiger partial charge in [0.25, 0.3) is 0 Å². The summed E-state index contributed by atoms with van der Waals surface area (Å²) in [5, 5.41) is 0.510. The third-order valence-electron chi connectivity index (χ3n) is 3.80. The topological polar surface area (TPSA) is 55.6 Å². The zero-order valence-electron chi connectivity index (χ0n) is 12.9. The molecule has 21 heavy (non-hydrogen) atoms. The summed E-state index contributed by atoms with van der Waals surface area (Å²) in [5.74, 6) is -0.370.